The van der Waals surface area contributed by atoms with Crippen LogP contribution in [0.1, 0.15) is 0 Å². The van der Waals surface area contributed by atoms with Crippen LogP contribution in [0.3, 0.4) is 0 Å². The first-order valence-corrected chi connectivity index (χ1v) is 14.9. The van der Waals surface area contributed by atoms with Gasteiger partial charge in [0.15, 0.2) is 0 Å². The second kappa shape index (κ2) is 11.1. The normalized spacial score (nSPS) is 11.2. The number of nitrogens with zero attached hydrogens (tertiary/aromatic N) is 1. The zero-order valence-electron chi connectivity index (χ0n) is 24.1. The highest BCUT2D eigenvalue weighted by Gasteiger charge is 2.14. The van der Waals surface area contributed by atoms with Gasteiger partial charge in [-0.25, -0.2) is 0 Å². The van der Waals surface area contributed by atoms with E-state index in [2.05, 4.69) is 163 Å². The molecule has 0 N–H and O–H groups in total. The molecule has 0 amide bonds. The molecule has 2 heteroatoms. The third-order valence-electron chi connectivity index (χ3n) is 8.25. The molecule has 0 saturated carbocycles. The summed E-state index contributed by atoms with van der Waals surface area (Å²) in [4.78, 5) is 2.30. The molecule has 1 aromatic heterocycles. The molecule has 0 atom stereocenters. The SMILES string of the molecule is c1ccc(N(c2ccc(-c3cccc(-c4cc5ccccc5o4)c3)cc2)c2ccc(-c3ccc4ccccc4c3)cc2)cc1. The Kier molecular flexibility index (Phi) is 6.51. The number of anilines is 3. The fraction of sp³-hybridized carbons (Fsp3) is 0. The number of benzene rings is 7. The summed E-state index contributed by atoms with van der Waals surface area (Å²) in [5.41, 5.74) is 10.0. The van der Waals surface area contributed by atoms with E-state index >= 15 is 0 Å². The Morgan fingerprint density at radius 2 is 0.864 bits per heavy atom. The number of fused-ring (bicyclic) bond motifs is 2. The van der Waals surface area contributed by atoms with Gasteiger partial charge in [-0.05, 0) is 93.7 Å². The number of hydrogen-bond donors (Lipinski definition) is 0. The number of hydrogen-bond acceptors (Lipinski definition) is 2. The minimum atomic E-state index is 0.882. The lowest BCUT2D eigenvalue weighted by atomic mass is 10.0. The van der Waals surface area contributed by atoms with E-state index in [9.17, 15) is 0 Å². The average Bonchev–Trinajstić information content (AvgIpc) is 3.54. The van der Waals surface area contributed by atoms with Crippen LogP contribution in [0, 0.1) is 0 Å². The highest BCUT2D eigenvalue weighted by molar-refractivity contribution is 5.88. The summed E-state index contributed by atoms with van der Waals surface area (Å²) >= 11 is 0. The standard InChI is InChI=1S/C42H29NO/c1-2-14-38(15-3-1)43(40-25-21-32(22-26-40)35-18-17-30-9-4-5-10-33(30)27-35)39-23-19-31(20-24-39)34-12-8-13-36(28-34)42-29-37-11-6-7-16-41(37)44-42/h1-29H. The van der Waals surface area contributed by atoms with Crippen molar-refractivity contribution in [2.75, 3.05) is 4.90 Å². The zero-order chi connectivity index (χ0) is 29.3. The molecule has 0 saturated heterocycles. The first-order valence-electron chi connectivity index (χ1n) is 14.9. The monoisotopic (exact) mass is 563 g/mol. The van der Waals surface area contributed by atoms with Crippen LogP contribution >= 0.6 is 0 Å². The Balaban J connectivity index is 1.11. The van der Waals surface area contributed by atoms with Crippen LogP contribution in [0.15, 0.2) is 180 Å². The van der Waals surface area contributed by atoms with Gasteiger partial charge in [0.05, 0.1) is 0 Å². The van der Waals surface area contributed by atoms with Gasteiger partial charge in [-0.3, -0.25) is 0 Å². The number of para-hydroxylation sites is 2. The molecule has 0 aliphatic carbocycles. The Morgan fingerprint density at radius 1 is 0.318 bits per heavy atom. The van der Waals surface area contributed by atoms with Gasteiger partial charge < -0.3 is 9.32 Å². The fourth-order valence-corrected chi connectivity index (χ4v) is 5.98. The maximum absolute atomic E-state index is 6.14. The van der Waals surface area contributed by atoms with Crippen molar-refractivity contribution >= 4 is 38.8 Å². The molecule has 0 aliphatic heterocycles. The molecule has 44 heavy (non-hydrogen) atoms. The van der Waals surface area contributed by atoms with Crippen LogP contribution in [0.5, 0.6) is 0 Å². The van der Waals surface area contributed by atoms with E-state index in [-0.39, 0.29) is 0 Å². The fourth-order valence-electron chi connectivity index (χ4n) is 5.98. The second-order valence-corrected chi connectivity index (χ2v) is 11.1. The quantitative estimate of drug-likeness (QED) is 0.200. The molecule has 8 rings (SSSR count). The van der Waals surface area contributed by atoms with Crippen molar-refractivity contribution in [1.82, 2.24) is 0 Å². The van der Waals surface area contributed by atoms with Gasteiger partial charge in [-0.15, -0.1) is 0 Å². The van der Waals surface area contributed by atoms with Crippen molar-refractivity contribution in [2.24, 2.45) is 0 Å². The van der Waals surface area contributed by atoms with E-state index in [0.717, 1.165) is 50.5 Å². The van der Waals surface area contributed by atoms with Gasteiger partial charge in [-0.2, -0.15) is 0 Å². The summed E-state index contributed by atoms with van der Waals surface area (Å²) < 4.78 is 6.14. The Hall–Kier alpha value is -5.86. The minimum Gasteiger partial charge on any atom is -0.456 e. The van der Waals surface area contributed by atoms with Gasteiger partial charge in [0.1, 0.15) is 11.3 Å². The summed E-state index contributed by atoms with van der Waals surface area (Å²) in [7, 11) is 0. The molecule has 0 spiro atoms. The Bertz CT molecular complexity index is 2180. The van der Waals surface area contributed by atoms with Gasteiger partial charge in [0, 0.05) is 28.0 Å². The Morgan fingerprint density at radius 3 is 1.57 bits per heavy atom. The molecule has 7 aromatic carbocycles. The molecule has 0 unspecified atom stereocenters. The van der Waals surface area contributed by atoms with E-state index in [1.807, 2.05) is 18.2 Å². The lowest BCUT2D eigenvalue weighted by Gasteiger charge is -2.26. The van der Waals surface area contributed by atoms with E-state index in [0.29, 0.717) is 0 Å². The smallest absolute Gasteiger partial charge is 0.135 e. The van der Waals surface area contributed by atoms with Gasteiger partial charge in [-0.1, -0.05) is 115 Å². The zero-order valence-corrected chi connectivity index (χ0v) is 24.1. The minimum absolute atomic E-state index is 0.882. The van der Waals surface area contributed by atoms with Gasteiger partial charge in [0.25, 0.3) is 0 Å². The topological polar surface area (TPSA) is 16.4 Å². The Labute approximate surface area is 257 Å². The summed E-state index contributed by atoms with van der Waals surface area (Å²) in [6, 6.07) is 62.2. The third kappa shape index (κ3) is 4.93. The van der Waals surface area contributed by atoms with E-state index in [4.69, 9.17) is 4.42 Å². The molecular weight excluding hydrogens is 534 g/mol. The molecule has 2 nitrogen and oxygen atoms in total. The van der Waals surface area contributed by atoms with Crippen molar-refractivity contribution in [3.8, 4) is 33.6 Å². The van der Waals surface area contributed by atoms with E-state index in [1.54, 1.807) is 0 Å². The highest BCUT2D eigenvalue weighted by Crippen LogP contribution is 2.37. The first-order chi connectivity index (χ1) is 21.8. The molecule has 0 radical (unpaired) electrons. The predicted octanol–water partition coefficient (Wildman–Crippen LogP) is 12.1. The van der Waals surface area contributed by atoms with Gasteiger partial charge in [0.2, 0.25) is 0 Å². The first kappa shape index (κ1) is 25.8. The summed E-state index contributed by atoms with van der Waals surface area (Å²) in [6.45, 7) is 0. The largest absolute Gasteiger partial charge is 0.456 e. The number of furan rings is 1. The summed E-state index contributed by atoms with van der Waals surface area (Å²) in [6.07, 6.45) is 0. The van der Waals surface area contributed by atoms with E-state index < -0.39 is 0 Å². The van der Waals surface area contributed by atoms with Crippen LogP contribution in [0.2, 0.25) is 0 Å². The van der Waals surface area contributed by atoms with Crippen molar-refractivity contribution in [3.63, 3.8) is 0 Å². The molecule has 208 valence electrons. The average molecular weight is 564 g/mol. The molecule has 0 aliphatic rings. The lowest BCUT2D eigenvalue weighted by molar-refractivity contribution is 0.631. The lowest BCUT2D eigenvalue weighted by Crippen LogP contribution is -2.09. The molecular formula is C42H29NO. The molecule has 0 bridgehead atoms. The summed E-state index contributed by atoms with van der Waals surface area (Å²) in [5.74, 6) is 0.882. The van der Waals surface area contributed by atoms with Crippen LogP contribution in [0.25, 0.3) is 55.3 Å². The molecule has 0 fully saturated rings. The van der Waals surface area contributed by atoms with Crippen LogP contribution in [-0.4, -0.2) is 0 Å². The maximum atomic E-state index is 6.14. The molecule has 1 heterocycles. The third-order valence-corrected chi connectivity index (χ3v) is 8.25. The predicted molar refractivity (Wildman–Crippen MR) is 185 cm³/mol. The van der Waals surface area contributed by atoms with Crippen LogP contribution in [-0.2, 0) is 0 Å². The molecule has 8 aromatic rings. The van der Waals surface area contributed by atoms with Gasteiger partial charge >= 0.3 is 0 Å². The highest BCUT2D eigenvalue weighted by atomic mass is 16.3. The van der Waals surface area contributed by atoms with Crippen LogP contribution < -0.4 is 4.90 Å². The van der Waals surface area contributed by atoms with Crippen molar-refractivity contribution < 1.29 is 4.42 Å². The van der Waals surface area contributed by atoms with Crippen molar-refractivity contribution in [3.05, 3.63) is 176 Å². The van der Waals surface area contributed by atoms with Crippen molar-refractivity contribution in [1.29, 1.82) is 0 Å². The second-order valence-electron chi connectivity index (χ2n) is 11.1. The number of rotatable bonds is 6. The summed E-state index contributed by atoms with van der Waals surface area (Å²) in [5, 5.41) is 3.62. The maximum Gasteiger partial charge on any atom is 0.135 e. The van der Waals surface area contributed by atoms with E-state index in [1.165, 1.54) is 21.9 Å². The van der Waals surface area contributed by atoms with Crippen molar-refractivity contribution in [2.45, 2.75) is 0 Å². The van der Waals surface area contributed by atoms with Crippen LogP contribution in [0.4, 0.5) is 17.1 Å².